The number of carbonyl (C=O) groups excluding carboxylic acids is 3. The number of amides is 4. The summed E-state index contributed by atoms with van der Waals surface area (Å²) in [4.78, 5) is 98.1. The Labute approximate surface area is 383 Å². The molecule has 0 radical (unpaired) electrons. The number of aromatic amines is 1. The summed E-state index contributed by atoms with van der Waals surface area (Å²) in [6.07, 6.45) is -9.13. The van der Waals surface area contributed by atoms with Gasteiger partial charge < -0.3 is 61.0 Å². The van der Waals surface area contributed by atoms with Crippen molar-refractivity contribution in [3.63, 3.8) is 0 Å². The first kappa shape index (κ1) is 49.8. The Hall–Kier alpha value is -5.12. The Bertz CT molecular complexity index is 2680. The average Bonchev–Trinajstić information content (AvgIpc) is 3.94. The number of rotatable bonds is 14. The lowest BCUT2D eigenvalue weighted by atomic mass is 10.0. The van der Waals surface area contributed by atoms with Gasteiger partial charge in [0.15, 0.2) is 41.8 Å². The molecule has 4 amide bonds. The van der Waals surface area contributed by atoms with Crippen molar-refractivity contribution in [3.8, 4) is 0 Å². The van der Waals surface area contributed by atoms with Gasteiger partial charge in [0.25, 0.3) is 5.56 Å². The van der Waals surface area contributed by atoms with Crippen molar-refractivity contribution in [2.75, 3.05) is 30.4 Å². The van der Waals surface area contributed by atoms with Crippen molar-refractivity contribution < 1.29 is 60.6 Å². The lowest BCUT2D eigenvalue weighted by Gasteiger charge is -2.24. The summed E-state index contributed by atoms with van der Waals surface area (Å²) in [6, 6.07) is 5.11. The largest absolute Gasteiger partial charge is 0.364 e. The van der Waals surface area contributed by atoms with Crippen molar-refractivity contribution in [1.82, 2.24) is 39.7 Å². The van der Waals surface area contributed by atoms with Crippen molar-refractivity contribution in [2.45, 2.75) is 94.1 Å². The lowest BCUT2D eigenvalue weighted by Crippen LogP contribution is -2.51. The van der Waals surface area contributed by atoms with Gasteiger partial charge in [-0.05, 0) is 48.3 Å². The summed E-state index contributed by atoms with van der Waals surface area (Å²) in [7, 11) is -5.09. The van der Waals surface area contributed by atoms with Crippen molar-refractivity contribution in [1.29, 1.82) is 0 Å². The van der Waals surface area contributed by atoms with Gasteiger partial charge in [0.1, 0.15) is 36.3 Å². The third kappa shape index (κ3) is 11.4. The number of carbonyl (C=O) groups is 3. The number of halogens is 2. The minimum Gasteiger partial charge on any atom is -0.364 e. The molecule has 3 aliphatic heterocycles. The minimum absolute atomic E-state index is 0.0510. The molecule has 0 saturated carbocycles. The molecule has 3 fully saturated rings. The summed E-state index contributed by atoms with van der Waals surface area (Å²) in [5.74, 6) is -0.977. The van der Waals surface area contributed by atoms with E-state index in [0.29, 0.717) is 16.7 Å². The lowest BCUT2D eigenvalue weighted by molar-refractivity contribution is -0.128. The number of hydrogen-bond donors (Lipinski definition) is 9. The van der Waals surface area contributed by atoms with Crippen LogP contribution >= 0.6 is 14.3 Å². The van der Waals surface area contributed by atoms with E-state index in [4.69, 9.17) is 46.3 Å². The smallest absolute Gasteiger partial charge is 0.337 e. The molecule has 7 rings (SSSR count). The van der Waals surface area contributed by atoms with Gasteiger partial charge in [-0.1, -0.05) is 26.0 Å². The van der Waals surface area contributed by atoms with Crippen LogP contribution in [0.5, 0.6) is 0 Å². The number of H-pyrrole nitrogens is 1. The maximum absolute atomic E-state index is 16.6. The van der Waals surface area contributed by atoms with Crippen LogP contribution in [0.4, 0.5) is 25.1 Å². The fourth-order valence-corrected chi connectivity index (χ4v) is 10.6. The number of ether oxygens (including phenoxy) is 2. The van der Waals surface area contributed by atoms with Gasteiger partial charge in [0.2, 0.25) is 11.8 Å². The van der Waals surface area contributed by atoms with Crippen LogP contribution < -0.4 is 44.0 Å². The molecule has 364 valence electrons. The number of nitrogens with zero attached hydrogens (tertiary/aromatic N) is 5. The summed E-state index contributed by atoms with van der Waals surface area (Å²) in [6.45, 7) is -2.22. The highest BCUT2D eigenvalue weighted by Crippen LogP contribution is 2.59. The van der Waals surface area contributed by atoms with Crippen LogP contribution in [0.25, 0.3) is 11.2 Å². The van der Waals surface area contributed by atoms with E-state index in [-0.39, 0.29) is 42.4 Å². The Balaban J connectivity index is 1.02. The molecule has 6 heterocycles. The number of nitrogens with two attached hydrogens (primary N) is 2. The van der Waals surface area contributed by atoms with Gasteiger partial charge in [-0.15, -0.1) is 0 Å². The summed E-state index contributed by atoms with van der Waals surface area (Å²) in [5.41, 5.74) is 8.68. The fourth-order valence-electron chi connectivity index (χ4n) is 7.53. The van der Waals surface area contributed by atoms with E-state index in [2.05, 4.69) is 36.2 Å². The first-order valence-electron chi connectivity index (χ1n) is 20.7. The number of primary amides is 1. The van der Waals surface area contributed by atoms with E-state index in [1.807, 2.05) is 4.98 Å². The van der Waals surface area contributed by atoms with Gasteiger partial charge in [-0.2, -0.15) is 0 Å². The Morgan fingerprint density at radius 1 is 0.985 bits per heavy atom. The van der Waals surface area contributed by atoms with E-state index >= 15 is 8.78 Å². The first-order valence-corrected chi connectivity index (χ1v) is 24.9. The molecule has 11 N–H and O–H groups in total. The van der Waals surface area contributed by atoms with Crippen molar-refractivity contribution in [2.24, 2.45) is 17.4 Å². The van der Waals surface area contributed by atoms with E-state index in [1.165, 1.54) is 17.2 Å². The Morgan fingerprint density at radius 3 is 2.39 bits per heavy atom. The molecule has 4 unspecified atom stereocenters. The predicted molar refractivity (Wildman–Crippen MR) is 235 cm³/mol. The summed E-state index contributed by atoms with van der Waals surface area (Å²) >= 11 is 5.12. The predicted octanol–water partition coefficient (Wildman–Crippen LogP) is 0.518. The number of hydrogen-bond acceptors (Lipinski definition) is 17. The quantitative estimate of drug-likeness (QED) is 0.0614. The molecule has 3 aromatic heterocycles. The van der Waals surface area contributed by atoms with Gasteiger partial charge in [-0.3, -0.25) is 37.6 Å². The zero-order chi connectivity index (χ0) is 48.4. The second kappa shape index (κ2) is 20.6. The molecule has 12 atom stereocenters. The van der Waals surface area contributed by atoms with E-state index in [9.17, 15) is 38.3 Å². The number of imidazole rings is 1. The molecule has 25 nitrogen and oxygen atoms in total. The Morgan fingerprint density at radius 2 is 1.69 bits per heavy atom. The molecular weight excluding hydrogens is 952 g/mol. The van der Waals surface area contributed by atoms with Crippen LogP contribution in [-0.2, 0) is 55.6 Å². The molecule has 67 heavy (non-hydrogen) atoms. The number of urea groups is 1. The maximum Gasteiger partial charge on any atom is 0.337 e. The van der Waals surface area contributed by atoms with Crippen LogP contribution in [0.3, 0.4) is 0 Å². The monoisotopic (exact) mass is 1000 g/mol. The van der Waals surface area contributed by atoms with Crippen LogP contribution in [0, 0.1) is 5.92 Å². The summed E-state index contributed by atoms with van der Waals surface area (Å²) in [5, 5.41) is 11.0. The first-order chi connectivity index (χ1) is 31.7. The molecule has 0 aliphatic carbocycles. The highest BCUT2D eigenvalue weighted by Gasteiger charge is 2.58. The molecule has 30 heteroatoms. The van der Waals surface area contributed by atoms with Crippen LogP contribution in [0.15, 0.2) is 58.8 Å². The summed E-state index contributed by atoms with van der Waals surface area (Å²) < 4.78 is 76.0. The van der Waals surface area contributed by atoms with Crippen LogP contribution in [-0.4, -0.2) is 125 Å². The minimum atomic E-state index is -5.09. The number of aromatic nitrogens is 6. The second-order valence-electron chi connectivity index (χ2n) is 16.1. The molecule has 3 saturated heterocycles. The standard InChI is InChI=1S/C37H48F2N12O13P2S/c1-17(2)26(40)33(54)48-20(4-3-10-42-36(41)55)32(53)47-19-7-5-18(6-8-19)12-43-30-27-31(45-15-44-30)51(16-46-27)35-25(39)29-22(63-35)14-61-66(59,67)64-28-21(13-60-65(29,57)58)62-34(24(28)38)50-11-9-23(52)49-37(50)56/h5-9,11,15-17,20-22,24-26,28-29,34-35H,3-4,10,12-14,40H2,1-2H3,(H,47,53)(H,48,54)(H,57,58)(H,59,67)(H3,41,42,55)(H,43,44,45)(H,49,52,56)/t20?,21-,22-,24-,25-,26?,28-,29-,34-,35-,66?/m1/s1. The molecule has 3 aliphatic rings. The van der Waals surface area contributed by atoms with Gasteiger partial charge in [-0.25, -0.2) is 33.3 Å². The zero-order valence-corrected chi connectivity index (χ0v) is 38.2. The van der Waals surface area contributed by atoms with Crippen molar-refractivity contribution >= 4 is 66.6 Å². The Kier molecular flexibility index (Phi) is 15.3. The molecule has 0 bridgehead atoms. The maximum atomic E-state index is 16.6. The number of alkyl halides is 2. The normalized spacial score (nSPS) is 29.6. The highest BCUT2D eigenvalue weighted by atomic mass is 32.5. The average molecular weight is 1000 g/mol. The second-order valence-corrected chi connectivity index (χ2v) is 20.8. The third-order valence-electron chi connectivity index (χ3n) is 11.1. The van der Waals surface area contributed by atoms with Gasteiger partial charge in [0.05, 0.1) is 25.6 Å². The SMILES string of the molecule is CC(C)C(N)C(=O)NC(CCCNC(N)=O)C(=O)Nc1ccc(CNc2ncnc3c2ncn3[C@@H]2O[C@@H]3COP(O)(=S)O[C@H]4[C@@H](F)[C@H](n5ccc(=O)[nH]c5=O)O[C@@H]4COP(=O)(O)[C@H]3[C@H]2F)cc1. The van der Waals surface area contributed by atoms with Gasteiger partial charge in [0, 0.05) is 31.0 Å². The number of anilines is 2. The van der Waals surface area contributed by atoms with Crippen molar-refractivity contribution in [3.05, 3.63) is 75.6 Å². The number of benzene rings is 1. The molecular formula is C37H48F2N12O13P2S. The van der Waals surface area contributed by atoms with E-state index in [1.54, 1.807) is 38.1 Å². The van der Waals surface area contributed by atoms with Gasteiger partial charge >= 0.3 is 26.0 Å². The van der Waals surface area contributed by atoms with Crippen LogP contribution in [0.1, 0.15) is 44.7 Å². The fraction of sp³-hybridized carbons (Fsp3) is 0.514. The zero-order valence-electron chi connectivity index (χ0n) is 35.5. The van der Waals surface area contributed by atoms with Crippen LogP contribution in [0.2, 0.25) is 0 Å². The van der Waals surface area contributed by atoms with E-state index < -0.39 is 117 Å². The molecule has 0 spiro atoms. The topological polar surface area (TPSA) is 354 Å². The number of nitrogens with one attached hydrogen (secondary N) is 5. The molecule has 4 aromatic rings. The van der Waals surface area contributed by atoms with E-state index in [0.717, 1.165) is 17.8 Å². The molecule has 1 aromatic carbocycles. The highest BCUT2D eigenvalue weighted by molar-refractivity contribution is 8.07. The number of fused-ring (bicyclic) bond motifs is 3. The third-order valence-corrected chi connectivity index (χ3v) is 14.5.